The predicted molar refractivity (Wildman–Crippen MR) is 83.9 cm³/mol. The van der Waals surface area contributed by atoms with E-state index in [1.165, 1.54) is 0 Å². The minimum absolute atomic E-state index is 0.482. The molecule has 0 saturated heterocycles. The molecule has 1 aliphatic rings. The highest BCUT2D eigenvalue weighted by Crippen LogP contribution is 2.19. The van der Waals surface area contributed by atoms with Gasteiger partial charge >= 0.3 is 0 Å². The van der Waals surface area contributed by atoms with E-state index in [9.17, 15) is 0 Å². The SMILES string of the molecule is C=C/C=C\C=C\C1C=CC(Nc2ccccc2)=CC1. The van der Waals surface area contributed by atoms with Crippen LogP contribution in [0.2, 0.25) is 0 Å². The van der Waals surface area contributed by atoms with Crippen LogP contribution in [0.4, 0.5) is 5.69 Å². The molecule has 0 amide bonds. The zero-order valence-corrected chi connectivity index (χ0v) is 11.0. The first-order valence-electron chi connectivity index (χ1n) is 6.55. The lowest BCUT2D eigenvalue weighted by Gasteiger charge is -2.14. The second kappa shape index (κ2) is 7.22. The normalized spacial score (nSPS) is 18.7. The number of benzene rings is 1. The van der Waals surface area contributed by atoms with Crippen molar-refractivity contribution in [1.82, 2.24) is 0 Å². The summed E-state index contributed by atoms with van der Waals surface area (Å²) < 4.78 is 0. The maximum Gasteiger partial charge on any atom is 0.0384 e. The second-order valence-electron chi connectivity index (χ2n) is 4.41. The molecule has 0 radical (unpaired) electrons. The standard InChI is InChI=1S/C18H19N/c1-2-3-4-6-9-16-12-14-18(15-13-16)19-17-10-7-5-8-11-17/h2-12,14-16,19H,1,13H2/b4-3-,9-6+. The Hall–Kier alpha value is -2.28. The van der Waals surface area contributed by atoms with Crippen molar-refractivity contribution in [2.75, 3.05) is 5.32 Å². The summed E-state index contributed by atoms with van der Waals surface area (Å²) >= 11 is 0. The van der Waals surface area contributed by atoms with Gasteiger partial charge in [0.05, 0.1) is 0 Å². The summed E-state index contributed by atoms with van der Waals surface area (Å²) in [6.07, 6.45) is 17.6. The number of para-hydroxylation sites is 1. The molecule has 1 aromatic carbocycles. The van der Waals surface area contributed by atoms with Gasteiger partial charge in [-0.1, -0.05) is 67.3 Å². The van der Waals surface area contributed by atoms with Gasteiger partial charge in [-0.2, -0.15) is 0 Å². The van der Waals surface area contributed by atoms with Gasteiger partial charge in [0.1, 0.15) is 0 Å². The van der Waals surface area contributed by atoms with E-state index in [4.69, 9.17) is 0 Å². The van der Waals surface area contributed by atoms with Crippen LogP contribution in [0, 0.1) is 5.92 Å². The van der Waals surface area contributed by atoms with Crippen LogP contribution in [0.5, 0.6) is 0 Å². The van der Waals surface area contributed by atoms with Crippen LogP contribution >= 0.6 is 0 Å². The van der Waals surface area contributed by atoms with Crippen LogP contribution < -0.4 is 5.32 Å². The van der Waals surface area contributed by atoms with Crippen molar-refractivity contribution in [3.05, 3.63) is 91.2 Å². The monoisotopic (exact) mass is 249 g/mol. The van der Waals surface area contributed by atoms with Crippen molar-refractivity contribution in [3.8, 4) is 0 Å². The van der Waals surface area contributed by atoms with Crippen LogP contribution in [0.15, 0.2) is 91.2 Å². The number of anilines is 1. The molecule has 96 valence electrons. The Bertz CT molecular complexity index is 518. The Morgan fingerprint density at radius 2 is 1.95 bits per heavy atom. The summed E-state index contributed by atoms with van der Waals surface area (Å²) in [5.74, 6) is 0.482. The number of hydrogen-bond acceptors (Lipinski definition) is 1. The smallest absolute Gasteiger partial charge is 0.0384 e. The summed E-state index contributed by atoms with van der Waals surface area (Å²) in [5, 5.41) is 3.40. The third-order valence-corrected chi connectivity index (χ3v) is 2.91. The van der Waals surface area contributed by atoms with Crippen LogP contribution in [-0.4, -0.2) is 0 Å². The minimum atomic E-state index is 0.482. The van der Waals surface area contributed by atoms with Crippen molar-refractivity contribution in [1.29, 1.82) is 0 Å². The van der Waals surface area contributed by atoms with E-state index in [-0.39, 0.29) is 0 Å². The van der Waals surface area contributed by atoms with E-state index >= 15 is 0 Å². The predicted octanol–water partition coefficient (Wildman–Crippen LogP) is 4.86. The molecule has 0 aliphatic heterocycles. The molecule has 1 nitrogen and oxygen atoms in total. The van der Waals surface area contributed by atoms with E-state index in [0.29, 0.717) is 5.92 Å². The van der Waals surface area contributed by atoms with E-state index in [2.05, 4.69) is 54.4 Å². The van der Waals surface area contributed by atoms with Gasteiger partial charge in [-0.25, -0.2) is 0 Å². The Labute approximate surface area is 115 Å². The van der Waals surface area contributed by atoms with E-state index in [1.54, 1.807) is 6.08 Å². The molecule has 0 spiro atoms. The van der Waals surface area contributed by atoms with Crippen LogP contribution in [-0.2, 0) is 0 Å². The molecule has 0 heterocycles. The van der Waals surface area contributed by atoms with Crippen molar-refractivity contribution in [3.63, 3.8) is 0 Å². The topological polar surface area (TPSA) is 12.0 Å². The molecule has 19 heavy (non-hydrogen) atoms. The lowest BCUT2D eigenvalue weighted by Crippen LogP contribution is -2.03. The first-order chi connectivity index (χ1) is 9.38. The fourth-order valence-corrected chi connectivity index (χ4v) is 1.91. The molecule has 2 rings (SSSR count). The first kappa shape index (κ1) is 13.2. The molecular weight excluding hydrogens is 230 g/mol. The van der Waals surface area contributed by atoms with Gasteiger partial charge < -0.3 is 5.32 Å². The van der Waals surface area contributed by atoms with Gasteiger partial charge in [0.15, 0.2) is 0 Å². The van der Waals surface area contributed by atoms with Gasteiger partial charge in [0.2, 0.25) is 0 Å². The summed E-state index contributed by atoms with van der Waals surface area (Å²) in [6.45, 7) is 3.64. The highest BCUT2D eigenvalue weighted by molar-refractivity contribution is 5.51. The average molecular weight is 249 g/mol. The van der Waals surface area contributed by atoms with Crippen LogP contribution in [0.25, 0.3) is 0 Å². The molecule has 1 heteroatoms. The number of rotatable bonds is 5. The lowest BCUT2D eigenvalue weighted by molar-refractivity contribution is 0.815. The molecule has 0 bridgehead atoms. The van der Waals surface area contributed by atoms with Gasteiger partial charge in [-0.3, -0.25) is 0 Å². The summed E-state index contributed by atoms with van der Waals surface area (Å²) in [7, 11) is 0. The quantitative estimate of drug-likeness (QED) is 0.735. The van der Waals surface area contributed by atoms with Crippen molar-refractivity contribution in [2.45, 2.75) is 6.42 Å². The van der Waals surface area contributed by atoms with Gasteiger partial charge in [-0.15, -0.1) is 0 Å². The van der Waals surface area contributed by atoms with Crippen molar-refractivity contribution in [2.24, 2.45) is 5.92 Å². The second-order valence-corrected chi connectivity index (χ2v) is 4.41. The molecule has 0 saturated carbocycles. The van der Waals surface area contributed by atoms with Crippen LogP contribution in [0.3, 0.4) is 0 Å². The zero-order valence-electron chi connectivity index (χ0n) is 11.0. The molecule has 1 N–H and O–H groups in total. The molecule has 0 fully saturated rings. The maximum atomic E-state index is 3.64. The molecule has 1 atom stereocenters. The van der Waals surface area contributed by atoms with Gasteiger partial charge in [-0.05, 0) is 30.5 Å². The third kappa shape index (κ3) is 4.47. The minimum Gasteiger partial charge on any atom is -0.356 e. The maximum absolute atomic E-state index is 3.64. The molecular formula is C18H19N. The highest BCUT2D eigenvalue weighted by atomic mass is 14.9. The summed E-state index contributed by atoms with van der Waals surface area (Å²) in [5.41, 5.74) is 2.29. The number of nitrogens with one attached hydrogen (secondary N) is 1. The Kier molecular flexibility index (Phi) is 5.00. The molecule has 1 aliphatic carbocycles. The number of hydrogen-bond donors (Lipinski definition) is 1. The third-order valence-electron chi connectivity index (χ3n) is 2.91. The van der Waals surface area contributed by atoms with Crippen LogP contribution in [0.1, 0.15) is 6.42 Å². The van der Waals surface area contributed by atoms with Gasteiger partial charge in [0, 0.05) is 11.4 Å². The fraction of sp³-hybridized carbons (Fsp3) is 0.111. The van der Waals surface area contributed by atoms with Gasteiger partial charge in [0.25, 0.3) is 0 Å². The molecule has 0 aromatic heterocycles. The zero-order chi connectivity index (χ0) is 13.3. The Balaban J connectivity index is 1.87. The lowest BCUT2D eigenvalue weighted by atomic mass is 9.99. The molecule has 1 unspecified atom stereocenters. The highest BCUT2D eigenvalue weighted by Gasteiger charge is 2.05. The van der Waals surface area contributed by atoms with E-state index < -0.39 is 0 Å². The largest absolute Gasteiger partial charge is 0.356 e. The summed E-state index contributed by atoms with van der Waals surface area (Å²) in [4.78, 5) is 0. The van der Waals surface area contributed by atoms with E-state index in [1.807, 2.05) is 30.4 Å². The Morgan fingerprint density at radius 1 is 1.11 bits per heavy atom. The summed E-state index contributed by atoms with van der Waals surface area (Å²) in [6, 6.07) is 10.2. The Morgan fingerprint density at radius 3 is 2.63 bits per heavy atom. The average Bonchev–Trinajstić information content (AvgIpc) is 2.46. The first-order valence-corrected chi connectivity index (χ1v) is 6.55. The molecule has 1 aromatic rings. The van der Waals surface area contributed by atoms with E-state index in [0.717, 1.165) is 17.8 Å². The van der Waals surface area contributed by atoms with Crippen molar-refractivity contribution < 1.29 is 0 Å². The fourth-order valence-electron chi connectivity index (χ4n) is 1.91. The van der Waals surface area contributed by atoms with Crippen molar-refractivity contribution >= 4 is 5.69 Å². The number of allylic oxidation sites excluding steroid dienone is 8.